The van der Waals surface area contributed by atoms with Gasteiger partial charge >= 0.3 is 0 Å². The third-order valence-corrected chi connectivity index (χ3v) is 4.33. The Bertz CT molecular complexity index is 1020. The number of aromatic nitrogens is 2. The average molecular weight is 361 g/mol. The molecule has 0 saturated heterocycles. The fourth-order valence-electron chi connectivity index (χ4n) is 2.85. The Hall–Kier alpha value is -3.26. The van der Waals surface area contributed by atoms with E-state index in [2.05, 4.69) is 36.0 Å². The van der Waals surface area contributed by atoms with Crippen LogP contribution in [0.3, 0.4) is 0 Å². The number of rotatable bonds is 5. The van der Waals surface area contributed by atoms with Crippen LogP contribution in [0.4, 0.5) is 0 Å². The minimum absolute atomic E-state index is 0.0235. The summed E-state index contributed by atoms with van der Waals surface area (Å²) in [6.07, 6.45) is 1.82. The summed E-state index contributed by atoms with van der Waals surface area (Å²) in [5, 5.41) is 9.66. The Labute approximate surface area is 159 Å². The second-order valence-electron chi connectivity index (χ2n) is 6.79. The van der Waals surface area contributed by atoms with Crippen LogP contribution in [-0.4, -0.2) is 23.2 Å². The van der Waals surface area contributed by atoms with Crippen LogP contribution in [0.5, 0.6) is 11.5 Å². The number of nitriles is 1. The molecule has 3 rings (SSSR count). The van der Waals surface area contributed by atoms with E-state index in [1.807, 2.05) is 38.1 Å². The number of nitrogens with one attached hydrogen (secondary N) is 1. The molecule has 5 nitrogen and oxygen atoms in total. The van der Waals surface area contributed by atoms with Crippen LogP contribution in [0.2, 0.25) is 0 Å². The van der Waals surface area contributed by atoms with Gasteiger partial charge in [-0.2, -0.15) is 5.26 Å². The zero-order valence-corrected chi connectivity index (χ0v) is 16.3. The van der Waals surface area contributed by atoms with Gasteiger partial charge in [-0.1, -0.05) is 6.07 Å². The molecule has 0 atom stereocenters. The van der Waals surface area contributed by atoms with Gasteiger partial charge in [0.05, 0.1) is 29.8 Å². The molecule has 0 aliphatic rings. The summed E-state index contributed by atoms with van der Waals surface area (Å²) >= 11 is 0. The molecule has 0 bridgehead atoms. The standard InChI is InChI=1S/C22H23N3O2/c1-13(2)27-21-11-16(6-7-20(21)26-5)10-17(12-23)22-24-18-8-14(3)15(4)9-19(18)25-22/h6-11,13H,1-5H3,(H,24,25)/b17-10-. The van der Waals surface area contributed by atoms with E-state index >= 15 is 0 Å². The van der Waals surface area contributed by atoms with Gasteiger partial charge in [0.1, 0.15) is 11.9 Å². The van der Waals surface area contributed by atoms with Gasteiger partial charge in [0.2, 0.25) is 0 Å². The van der Waals surface area contributed by atoms with E-state index in [0.717, 1.165) is 16.6 Å². The highest BCUT2D eigenvalue weighted by Gasteiger charge is 2.11. The van der Waals surface area contributed by atoms with Gasteiger partial charge in [-0.05, 0) is 74.7 Å². The lowest BCUT2D eigenvalue weighted by molar-refractivity contribution is 0.230. The lowest BCUT2D eigenvalue weighted by atomic mass is 10.1. The molecular formula is C22H23N3O2. The Balaban J connectivity index is 2.03. The van der Waals surface area contributed by atoms with Gasteiger partial charge in [-0.15, -0.1) is 0 Å². The number of methoxy groups -OCH3 is 1. The first kappa shape index (κ1) is 18.5. The van der Waals surface area contributed by atoms with Gasteiger partial charge in [0.25, 0.3) is 0 Å². The minimum atomic E-state index is 0.0235. The van der Waals surface area contributed by atoms with Gasteiger partial charge in [-0.25, -0.2) is 4.98 Å². The van der Waals surface area contributed by atoms with Crippen LogP contribution >= 0.6 is 0 Å². The van der Waals surface area contributed by atoms with E-state index in [-0.39, 0.29) is 6.10 Å². The van der Waals surface area contributed by atoms with E-state index in [0.29, 0.717) is 22.9 Å². The number of aromatic amines is 1. The van der Waals surface area contributed by atoms with Crippen LogP contribution in [0.1, 0.15) is 36.4 Å². The summed E-state index contributed by atoms with van der Waals surface area (Å²) in [5.41, 5.74) is 5.44. The van der Waals surface area contributed by atoms with E-state index < -0.39 is 0 Å². The van der Waals surface area contributed by atoms with Crippen molar-refractivity contribution in [3.8, 4) is 17.6 Å². The van der Waals surface area contributed by atoms with Crippen LogP contribution in [0.15, 0.2) is 30.3 Å². The molecule has 0 aliphatic heterocycles. The Morgan fingerprint density at radius 3 is 2.56 bits per heavy atom. The van der Waals surface area contributed by atoms with Gasteiger partial charge in [-0.3, -0.25) is 0 Å². The predicted molar refractivity (Wildman–Crippen MR) is 108 cm³/mol. The SMILES string of the molecule is COc1ccc(/C=C(/C#N)c2nc3cc(C)c(C)cc3[nH]2)cc1OC(C)C. The smallest absolute Gasteiger partial charge is 0.162 e. The number of hydrogen-bond donors (Lipinski definition) is 1. The highest BCUT2D eigenvalue weighted by molar-refractivity contribution is 5.90. The maximum absolute atomic E-state index is 9.66. The van der Waals surface area contributed by atoms with Gasteiger partial charge < -0.3 is 14.5 Å². The van der Waals surface area contributed by atoms with Gasteiger partial charge in [0.15, 0.2) is 11.5 Å². The number of imidazole rings is 1. The first-order chi connectivity index (χ1) is 12.9. The summed E-state index contributed by atoms with van der Waals surface area (Å²) in [6.45, 7) is 8.03. The number of hydrogen-bond acceptors (Lipinski definition) is 4. The largest absolute Gasteiger partial charge is 0.493 e. The molecule has 3 aromatic rings. The van der Waals surface area contributed by atoms with Crippen molar-refractivity contribution in [2.75, 3.05) is 7.11 Å². The molecule has 27 heavy (non-hydrogen) atoms. The predicted octanol–water partition coefficient (Wildman–Crippen LogP) is 5.04. The summed E-state index contributed by atoms with van der Waals surface area (Å²) in [4.78, 5) is 7.83. The van der Waals surface area contributed by atoms with Crippen LogP contribution < -0.4 is 9.47 Å². The summed E-state index contributed by atoms with van der Waals surface area (Å²) < 4.78 is 11.2. The van der Waals surface area contributed by atoms with Crippen molar-refractivity contribution in [3.63, 3.8) is 0 Å². The van der Waals surface area contributed by atoms with E-state index in [4.69, 9.17) is 9.47 Å². The van der Waals surface area contributed by atoms with Crippen molar-refractivity contribution in [3.05, 3.63) is 52.8 Å². The number of ether oxygens (including phenoxy) is 2. The summed E-state index contributed by atoms with van der Waals surface area (Å²) in [7, 11) is 1.61. The quantitative estimate of drug-likeness (QED) is 0.646. The molecule has 0 fully saturated rings. The fourth-order valence-corrected chi connectivity index (χ4v) is 2.85. The van der Waals surface area contributed by atoms with Crippen molar-refractivity contribution >= 4 is 22.7 Å². The molecule has 0 saturated carbocycles. The first-order valence-corrected chi connectivity index (χ1v) is 8.85. The van der Waals surface area contributed by atoms with Gasteiger partial charge in [0, 0.05) is 0 Å². The number of aryl methyl sites for hydroxylation is 2. The zero-order chi connectivity index (χ0) is 19.6. The molecule has 5 heteroatoms. The summed E-state index contributed by atoms with van der Waals surface area (Å²) in [6, 6.07) is 11.9. The summed E-state index contributed by atoms with van der Waals surface area (Å²) in [5.74, 6) is 1.86. The monoisotopic (exact) mass is 361 g/mol. The molecule has 0 amide bonds. The minimum Gasteiger partial charge on any atom is -0.493 e. The molecule has 0 unspecified atom stereocenters. The van der Waals surface area contributed by atoms with E-state index in [9.17, 15) is 5.26 Å². The first-order valence-electron chi connectivity index (χ1n) is 8.85. The number of nitrogens with zero attached hydrogens (tertiary/aromatic N) is 2. The average Bonchev–Trinajstić information content (AvgIpc) is 3.02. The molecule has 0 aliphatic carbocycles. The topological polar surface area (TPSA) is 70.9 Å². The molecule has 1 heterocycles. The van der Waals surface area contributed by atoms with Crippen LogP contribution in [0.25, 0.3) is 22.7 Å². The Kier molecular flexibility index (Phi) is 5.18. The number of H-pyrrole nitrogens is 1. The fraction of sp³-hybridized carbons (Fsp3) is 0.273. The Morgan fingerprint density at radius 1 is 1.15 bits per heavy atom. The van der Waals surface area contributed by atoms with Crippen molar-refractivity contribution in [1.82, 2.24) is 9.97 Å². The van der Waals surface area contributed by atoms with Crippen molar-refractivity contribution in [1.29, 1.82) is 5.26 Å². The molecule has 138 valence electrons. The molecular weight excluding hydrogens is 338 g/mol. The second-order valence-corrected chi connectivity index (χ2v) is 6.79. The molecule has 0 radical (unpaired) electrons. The number of allylic oxidation sites excluding steroid dienone is 1. The van der Waals surface area contributed by atoms with Crippen molar-refractivity contribution in [2.45, 2.75) is 33.8 Å². The maximum atomic E-state index is 9.66. The number of fused-ring (bicyclic) bond motifs is 1. The molecule has 0 spiro atoms. The van der Waals surface area contributed by atoms with Crippen molar-refractivity contribution in [2.24, 2.45) is 0 Å². The van der Waals surface area contributed by atoms with Crippen molar-refractivity contribution < 1.29 is 9.47 Å². The lowest BCUT2D eigenvalue weighted by Gasteiger charge is -2.14. The zero-order valence-electron chi connectivity index (χ0n) is 16.3. The molecule has 1 aromatic heterocycles. The van der Waals surface area contributed by atoms with Crippen LogP contribution in [-0.2, 0) is 0 Å². The van der Waals surface area contributed by atoms with E-state index in [1.165, 1.54) is 11.1 Å². The maximum Gasteiger partial charge on any atom is 0.162 e. The third kappa shape index (κ3) is 3.95. The molecule has 2 aromatic carbocycles. The molecule has 1 N–H and O–H groups in total. The third-order valence-electron chi connectivity index (χ3n) is 4.33. The Morgan fingerprint density at radius 2 is 1.89 bits per heavy atom. The highest BCUT2D eigenvalue weighted by atomic mass is 16.5. The number of benzene rings is 2. The van der Waals surface area contributed by atoms with Crippen LogP contribution in [0, 0.1) is 25.2 Å². The lowest BCUT2D eigenvalue weighted by Crippen LogP contribution is -2.06. The normalized spacial score (nSPS) is 11.7. The second kappa shape index (κ2) is 7.55. The van der Waals surface area contributed by atoms with E-state index in [1.54, 1.807) is 13.2 Å². The highest BCUT2D eigenvalue weighted by Crippen LogP contribution is 2.30.